The van der Waals surface area contributed by atoms with Crippen LogP contribution in [0.5, 0.6) is 0 Å². The molecule has 2 saturated heterocycles. The summed E-state index contributed by atoms with van der Waals surface area (Å²) in [6, 6.07) is 2.29. The number of amides is 1. The van der Waals surface area contributed by atoms with Gasteiger partial charge < -0.3 is 5.73 Å². The third-order valence-electron chi connectivity index (χ3n) is 6.17. The van der Waals surface area contributed by atoms with E-state index in [2.05, 4.69) is 4.90 Å². The molecule has 1 amide bonds. The van der Waals surface area contributed by atoms with Gasteiger partial charge in [-0.05, 0) is 75.9 Å². The first-order chi connectivity index (χ1) is 12.1. The smallest absolute Gasteiger partial charge is 0.243 e. The molecule has 0 atom stereocenters. The molecular formula is C19H29N3O3S. The summed E-state index contributed by atoms with van der Waals surface area (Å²) in [7, 11) is -3.47. The molecule has 0 aliphatic carbocycles. The minimum atomic E-state index is -3.47. The van der Waals surface area contributed by atoms with Crippen molar-refractivity contribution in [1.29, 1.82) is 0 Å². The number of sulfonamides is 1. The second kappa shape index (κ2) is 6.94. The number of piperidine rings is 1. The number of primary amides is 1. The average molecular weight is 380 g/mol. The Balaban J connectivity index is 1.71. The first-order valence-electron chi connectivity index (χ1n) is 9.23. The number of carbonyl (C=O) groups is 1. The van der Waals surface area contributed by atoms with E-state index in [1.807, 2.05) is 33.8 Å². The van der Waals surface area contributed by atoms with Gasteiger partial charge in [0.15, 0.2) is 0 Å². The lowest BCUT2D eigenvalue weighted by Crippen LogP contribution is -2.62. The van der Waals surface area contributed by atoms with Gasteiger partial charge in [0, 0.05) is 25.0 Å². The van der Waals surface area contributed by atoms with Gasteiger partial charge in [-0.2, -0.15) is 4.31 Å². The highest BCUT2D eigenvalue weighted by atomic mass is 32.2. The molecule has 0 unspecified atom stereocenters. The van der Waals surface area contributed by atoms with Crippen LogP contribution >= 0.6 is 0 Å². The van der Waals surface area contributed by atoms with E-state index in [-0.39, 0.29) is 17.9 Å². The van der Waals surface area contributed by atoms with Crippen LogP contribution in [0.1, 0.15) is 35.1 Å². The molecule has 2 aliphatic heterocycles. The first-order valence-corrected chi connectivity index (χ1v) is 10.7. The summed E-state index contributed by atoms with van der Waals surface area (Å²) in [5, 5.41) is 0. The molecule has 7 heteroatoms. The monoisotopic (exact) mass is 379 g/mol. The van der Waals surface area contributed by atoms with Crippen molar-refractivity contribution >= 4 is 15.9 Å². The van der Waals surface area contributed by atoms with E-state index in [0.717, 1.165) is 48.2 Å². The number of carbonyl (C=O) groups excluding carboxylic acids is 1. The topological polar surface area (TPSA) is 83.7 Å². The molecule has 1 aromatic rings. The molecule has 2 heterocycles. The summed E-state index contributed by atoms with van der Waals surface area (Å²) in [4.78, 5) is 14.1. The first kappa shape index (κ1) is 19.3. The van der Waals surface area contributed by atoms with Gasteiger partial charge in [-0.3, -0.25) is 9.69 Å². The van der Waals surface area contributed by atoms with Gasteiger partial charge >= 0.3 is 0 Å². The zero-order valence-corrected chi connectivity index (χ0v) is 16.9. The second-order valence-corrected chi connectivity index (χ2v) is 9.65. The van der Waals surface area contributed by atoms with Gasteiger partial charge in [-0.1, -0.05) is 6.07 Å². The standard InChI is InChI=1S/C19H29N3O3S/c1-12-9-13(2)15(4)18(14(12)3)26(24,25)22-10-17(11-22)21-7-5-16(6-8-21)19(20)23/h9,16-17H,5-8,10-11H2,1-4H3,(H2,20,23). The largest absolute Gasteiger partial charge is 0.369 e. The Bertz CT molecular complexity index is 795. The van der Waals surface area contributed by atoms with Gasteiger partial charge in [-0.25, -0.2) is 8.42 Å². The number of nitrogens with two attached hydrogens (primary N) is 1. The number of nitrogens with zero attached hydrogens (tertiary/aromatic N) is 2. The molecule has 2 N–H and O–H groups in total. The lowest BCUT2D eigenvalue weighted by atomic mass is 9.94. The molecular weight excluding hydrogens is 350 g/mol. The van der Waals surface area contributed by atoms with Crippen molar-refractivity contribution in [2.75, 3.05) is 26.2 Å². The summed E-state index contributed by atoms with van der Waals surface area (Å²) in [5.41, 5.74) is 9.10. The third-order valence-corrected chi connectivity index (χ3v) is 8.28. The van der Waals surface area contributed by atoms with Crippen molar-refractivity contribution in [2.45, 2.75) is 51.5 Å². The van der Waals surface area contributed by atoms with Crippen LogP contribution in [0, 0.1) is 33.6 Å². The summed E-state index contributed by atoms with van der Waals surface area (Å²) in [5.74, 6) is -0.255. The molecule has 26 heavy (non-hydrogen) atoms. The highest BCUT2D eigenvalue weighted by Crippen LogP contribution is 2.32. The summed E-state index contributed by atoms with van der Waals surface area (Å²) in [6.45, 7) is 10.4. The second-order valence-electron chi connectivity index (χ2n) is 7.78. The Morgan fingerprint density at radius 1 is 1.04 bits per heavy atom. The van der Waals surface area contributed by atoms with Crippen molar-refractivity contribution in [1.82, 2.24) is 9.21 Å². The fraction of sp³-hybridized carbons (Fsp3) is 0.632. The van der Waals surface area contributed by atoms with Crippen molar-refractivity contribution in [3.63, 3.8) is 0 Å². The lowest BCUT2D eigenvalue weighted by molar-refractivity contribution is -0.123. The van der Waals surface area contributed by atoms with Crippen LogP contribution < -0.4 is 5.73 Å². The van der Waals surface area contributed by atoms with E-state index < -0.39 is 10.0 Å². The molecule has 0 aromatic heterocycles. The molecule has 0 saturated carbocycles. The predicted molar refractivity (Wildman–Crippen MR) is 101 cm³/mol. The van der Waals surface area contributed by atoms with Crippen molar-refractivity contribution in [2.24, 2.45) is 11.7 Å². The van der Waals surface area contributed by atoms with Crippen LogP contribution in [0.4, 0.5) is 0 Å². The van der Waals surface area contributed by atoms with Crippen molar-refractivity contribution < 1.29 is 13.2 Å². The Morgan fingerprint density at radius 3 is 2.00 bits per heavy atom. The summed E-state index contributed by atoms with van der Waals surface area (Å²) in [6.07, 6.45) is 1.54. The molecule has 0 radical (unpaired) electrons. The highest BCUT2D eigenvalue weighted by Gasteiger charge is 2.42. The zero-order valence-electron chi connectivity index (χ0n) is 16.1. The van der Waals surface area contributed by atoms with Gasteiger partial charge in [0.25, 0.3) is 0 Å². The number of benzene rings is 1. The Hall–Kier alpha value is -1.44. The summed E-state index contributed by atoms with van der Waals surface area (Å²) < 4.78 is 27.9. The van der Waals surface area contributed by atoms with Crippen LogP contribution in [-0.2, 0) is 14.8 Å². The fourth-order valence-electron chi connectivity index (χ4n) is 4.09. The summed E-state index contributed by atoms with van der Waals surface area (Å²) >= 11 is 0. The van der Waals surface area contributed by atoms with Crippen molar-refractivity contribution in [3.05, 3.63) is 28.3 Å². The van der Waals surface area contributed by atoms with Crippen LogP contribution in [0.3, 0.4) is 0 Å². The van der Waals surface area contributed by atoms with Gasteiger partial charge in [0.05, 0.1) is 4.90 Å². The molecule has 3 rings (SSSR count). The minimum Gasteiger partial charge on any atom is -0.369 e. The van der Waals surface area contributed by atoms with Gasteiger partial charge in [-0.15, -0.1) is 0 Å². The van der Waals surface area contributed by atoms with E-state index >= 15 is 0 Å². The maximum absolute atomic E-state index is 13.2. The number of hydrogen-bond donors (Lipinski definition) is 1. The van der Waals surface area contributed by atoms with Gasteiger partial charge in [0.1, 0.15) is 0 Å². The van der Waals surface area contributed by atoms with E-state index in [1.54, 1.807) is 4.31 Å². The Labute approximate surface area is 156 Å². The quantitative estimate of drug-likeness (QED) is 0.859. The SMILES string of the molecule is Cc1cc(C)c(C)c(S(=O)(=O)N2CC(N3CCC(C(N)=O)CC3)C2)c1C. The average Bonchev–Trinajstić information content (AvgIpc) is 2.52. The van der Waals surface area contributed by atoms with E-state index in [4.69, 9.17) is 5.73 Å². The molecule has 2 aliphatic rings. The maximum Gasteiger partial charge on any atom is 0.243 e. The van der Waals surface area contributed by atoms with Crippen LogP contribution in [0.2, 0.25) is 0 Å². The minimum absolute atomic E-state index is 0.0354. The van der Waals surface area contributed by atoms with E-state index in [9.17, 15) is 13.2 Å². The molecule has 144 valence electrons. The molecule has 1 aromatic carbocycles. The fourth-order valence-corrected chi connectivity index (χ4v) is 6.18. The Kier molecular flexibility index (Phi) is 5.16. The van der Waals surface area contributed by atoms with E-state index in [0.29, 0.717) is 18.0 Å². The third kappa shape index (κ3) is 3.28. The molecule has 0 bridgehead atoms. The molecule has 6 nitrogen and oxygen atoms in total. The number of aryl methyl sites for hydroxylation is 2. The van der Waals surface area contributed by atoms with Crippen LogP contribution in [0.15, 0.2) is 11.0 Å². The lowest BCUT2D eigenvalue weighted by Gasteiger charge is -2.46. The van der Waals surface area contributed by atoms with Gasteiger partial charge in [0.2, 0.25) is 15.9 Å². The normalized spacial score (nSPS) is 20.9. The molecule has 2 fully saturated rings. The predicted octanol–water partition coefficient (Wildman–Crippen LogP) is 1.49. The van der Waals surface area contributed by atoms with Crippen LogP contribution in [-0.4, -0.2) is 55.8 Å². The zero-order chi connectivity index (χ0) is 19.2. The number of likely N-dealkylation sites (tertiary alicyclic amines) is 1. The maximum atomic E-state index is 13.2. The highest BCUT2D eigenvalue weighted by molar-refractivity contribution is 7.89. The van der Waals surface area contributed by atoms with E-state index in [1.165, 1.54) is 0 Å². The van der Waals surface area contributed by atoms with Crippen molar-refractivity contribution in [3.8, 4) is 0 Å². The molecule has 0 spiro atoms. The Morgan fingerprint density at radius 2 is 1.54 bits per heavy atom. The van der Waals surface area contributed by atoms with Crippen LogP contribution in [0.25, 0.3) is 0 Å². The number of hydrogen-bond acceptors (Lipinski definition) is 4. The number of rotatable bonds is 4.